The number of fused-ring (bicyclic) bond motifs is 1. The Morgan fingerprint density at radius 3 is 2.52 bits per heavy atom. The van der Waals surface area contributed by atoms with Crippen molar-refractivity contribution in [1.29, 1.82) is 0 Å². The van der Waals surface area contributed by atoms with Crippen LogP contribution in [-0.4, -0.2) is 47.0 Å². The summed E-state index contributed by atoms with van der Waals surface area (Å²) < 4.78 is 0. The van der Waals surface area contributed by atoms with Crippen LogP contribution in [0.15, 0.2) is 24.3 Å². The number of hydrogen-bond acceptors (Lipinski definition) is 5. The predicted molar refractivity (Wildman–Crippen MR) is 118 cm³/mol. The van der Waals surface area contributed by atoms with Crippen LogP contribution >= 0.6 is 22.9 Å². The topological polar surface area (TPSA) is 49.3 Å². The van der Waals surface area contributed by atoms with E-state index in [1.807, 2.05) is 17.0 Å². The summed E-state index contributed by atoms with van der Waals surface area (Å²) in [6.07, 6.45) is 2.38. The molecule has 2 aromatic heterocycles. The molecular weight excluding hydrogens is 404 g/mol. The van der Waals surface area contributed by atoms with Crippen LogP contribution in [0.25, 0.3) is 10.2 Å². The summed E-state index contributed by atoms with van der Waals surface area (Å²) in [5.41, 5.74) is 1.85. The molecule has 1 aliphatic carbocycles. The Hall–Kier alpha value is -2.18. The fourth-order valence-corrected chi connectivity index (χ4v) is 5.17. The molecule has 0 radical (unpaired) electrons. The monoisotopic (exact) mass is 426 g/mol. The van der Waals surface area contributed by atoms with Crippen LogP contribution in [0.4, 0.5) is 5.82 Å². The zero-order chi connectivity index (χ0) is 20.1. The Balaban J connectivity index is 1.41. The highest BCUT2D eigenvalue weighted by Crippen LogP contribution is 2.42. The third-order valence-electron chi connectivity index (χ3n) is 5.94. The zero-order valence-corrected chi connectivity index (χ0v) is 18.2. The number of hydrogen-bond donors (Lipinski definition) is 0. The number of halogens is 1. The summed E-state index contributed by atoms with van der Waals surface area (Å²) in [5.74, 6) is 2.56. The highest BCUT2D eigenvalue weighted by atomic mass is 35.5. The number of anilines is 1. The van der Waals surface area contributed by atoms with Crippen molar-refractivity contribution in [3.8, 4) is 0 Å². The van der Waals surface area contributed by atoms with E-state index in [1.165, 1.54) is 28.7 Å². The molecule has 3 heterocycles. The fourth-order valence-electron chi connectivity index (χ4n) is 3.92. The molecule has 1 aromatic carbocycles. The van der Waals surface area contributed by atoms with Gasteiger partial charge in [0.05, 0.1) is 16.0 Å². The quantitative estimate of drug-likeness (QED) is 0.603. The van der Waals surface area contributed by atoms with Crippen molar-refractivity contribution >= 4 is 44.9 Å². The fraction of sp³-hybridized carbons (Fsp3) is 0.409. The Morgan fingerprint density at radius 2 is 1.83 bits per heavy atom. The van der Waals surface area contributed by atoms with Crippen molar-refractivity contribution in [2.75, 3.05) is 31.1 Å². The molecule has 0 bridgehead atoms. The molecule has 5 nitrogen and oxygen atoms in total. The second-order valence-electron chi connectivity index (χ2n) is 7.90. The normalized spacial score (nSPS) is 17.2. The maximum atomic E-state index is 12.9. The van der Waals surface area contributed by atoms with Crippen molar-refractivity contribution in [1.82, 2.24) is 14.9 Å². The van der Waals surface area contributed by atoms with Crippen molar-refractivity contribution < 1.29 is 4.79 Å². The van der Waals surface area contributed by atoms with E-state index < -0.39 is 0 Å². The van der Waals surface area contributed by atoms with E-state index in [2.05, 4.69) is 18.7 Å². The third kappa shape index (κ3) is 3.38. The minimum absolute atomic E-state index is 0.00399. The lowest BCUT2D eigenvalue weighted by molar-refractivity contribution is 0.0747. The molecule has 1 amide bonds. The van der Waals surface area contributed by atoms with Gasteiger partial charge in [-0.3, -0.25) is 4.79 Å². The summed E-state index contributed by atoms with van der Waals surface area (Å²) in [6, 6.07) is 7.27. The lowest BCUT2D eigenvalue weighted by Gasteiger charge is -2.36. The first-order valence-corrected chi connectivity index (χ1v) is 11.3. The molecule has 0 spiro atoms. The van der Waals surface area contributed by atoms with E-state index in [-0.39, 0.29) is 5.91 Å². The Morgan fingerprint density at radius 1 is 1.10 bits per heavy atom. The molecule has 150 valence electrons. The number of rotatable bonds is 3. The van der Waals surface area contributed by atoms with Gasteiger partial charge in [-0.25, -0.2) is 9.97 Å². The van der Waals surface area contributed by atoms with Crippen molar-refractivity contribution in [3.05, 3.63) is 51.1 Å². The minimum atomic E-state index is 0.00399. The van der Waals surface area contributed by atoms with Crippen LogP contribution in [0.5, 0.6) is 0 Å². The molecular formula is C22H23ClN4OS. The summed E-state index contributed by atoms with van der Waals surface area (Å²) in [4.78, 5) is 29.4. The summed E-state index contributed by atoms with van der Waals surface area (Å²) in [5, 5.41) is 1.69. The van der Waals surface area contributed by atoms with Gasteiger partial charge in [-0.1, -0.05) is 23.7 Å². The molecule has 5 rings (SSSR count). The average Bonchev–Trinajstić information content (AvgIpc) is 3.54. The van der Waals surface area contributed by atoms with E-state index in [1.54, 1.807) is 23.5 Å². The van der Waals surface area contributed by atoms with Crippen LogP contribution in [0, 0.1) is 13.8 Å². The summed E-state index contributed by atoms with van der Waals surface area (Å²) in [7, 11) is 0. The summed E-state index contributed by atoms with van der Waals surface area (Å²) in [6.45, 7) is 7.17. The molecule has 0 unspecified atom stereocenters. The van der Waals surface area contributed by atoms with Gasteiger partial charge in [-0.05, 0) is 44.4 Å². The molecule has 2 aliphatic rings. The van der Waals surface area contributed by atoms with E-state index in [0.29, 0.717) is 29.6 Å². The number of benzene rings is 1. The molecule has 1 saturated carbocycles. The van der Waals surface area contributed by atoms with Gasteiger partial charge in [-0.2, -0.15) is 0 Å². The lowest BCUT2D eigenvalue weighted by Crippen LogP contribution is -2.49. The van der Waals surface area contributed by atoms with Gasteiger partial charge in [0.1, 0.15) is 16.5 Å². The number of piperazine rings is 1. The molecule has 0 atom stereocenters. The first-order valence-electron chi connectivity index (χ1n) is 10.1. The Kier molecular flexibility index (Phi) is 4.71. The molecule has 3 aromatic rings. The van der Waals surface area contributed by atoms with Crippen LogP contribution in [-0.2, 0) is 0 Å². The Bertz CT molecular complexity index is 1100. The molecule has 29 heavy (non-hydrogen) atoms. The van der Waals surface area contributed by atoms with Gasteiger partial charge >= 0.3 is 0 Å². The average molecular weight is 427 g/mol. The molecule has 2 fully saturated rings. The van der Waals surface area contributed by atoms with E-state index in [9.17, 15) is 4.79 Å². The number of carbonyl (C=O) groups excluding carboxylic acids is 1. The van der Waals surface area contributed by atoms with Crippen molar-refractivity contribution in [2.45, 2.75) is 32.6 Å². The van der Waals surface area contributed by atoms with Gasteiger partial charge in [0.2, 0.25) is 0 Å². The molecule has 7 heteroatoms. The number of aryl methyl sites for hydroxylation is 2. The van der Waals surface area contributed by atoms with Gasteiger partial charge in [-0.15, -0.1) is 11.3 Å². The van der Waals surface area contributed by atoms with E-state index in [0.717, 1.165) is 29.6 Å². The maximum absolute atomic E-state index is 12.9. The predicted octanol–water partition coefficient (Wildman–Crippen LogP) is 4.80. The van der Waals surface area contributed by atoms with E-state index in [4.69, 9.17) is 21.6 Å². The zero-order valence-electron chi connectivity index (χ0n) is 16.6. The summed E-state index contributed by atoms with van der Waals surface area (Å²) >= 11 is 7.99. The number of thiophene rings is 1. The van der Waals surface area contributed by atoms with E-state index >= 15 is 0 Å². The van der Waals surface area contributed by atoms with Gasteiger partial charge in [0, 0.05) is 37.0 Å². The minimum Gasteiger partial charge on any atom is -0.352 e. The highest BCUT2D eigenvalue weighted by Gasteiger charge is 2.31. The third-order valence-corrected chi connectivity index (χ3v) is 7.37. The molecule has 1 saturated heterocycles. The second-order valence-corrected chi connectivity index (χ2v) is 9.51. The van der Waals surface area contributed by atoms with Crippen molar-refractivity contribution in [2.24, 2.45) is 0 Å². The standard InChI is InChI=1S/C22H23ClN4OS/c1-13-14(2)29-21-18(13)20(24-19(25-21)15-7-8-15)26-9-11-27(12-10-26)22(28)16-5-3-4-6-17(16)23/h3-6,15H,7-12H2,1-2H3. The van der Waals surface area contributed by atoms with Gasteiger partial charge in [0.15, 0.2) is 0 Å². The van der Waals surface area contributed by atoms with Crippen molar-refractivity contribution in [3.63, 3.8) is 0 Å². The number of carbonyl (C=O) groups is 1. The van der Waals surface area contributed by atoms with Crippen LogP contribution in [0.1, 0.15) is 45.4 Å². The SMILES string of the molecule is Cc1sc2nc(C3CC3)nc(N3CCN(C(=O)c4ccccc4Cl)CC3)c2c1C. The van der Waals surface area contributed by atoms with Crippen LogP contribution in [0.3, 0.4) is 0 Å². The highest BCUT2D eigenvalue weighted by molar-refractivity contribution is 7.18. The first kappa shape index (κ1) is 18.8. The van der Waals surface area contributed by atoms with Crippen LogP contribution in [0.2, 0.25) is 5.02 Å². The number of aromatic nitrogens is 2. The largest absolute Gasteiger partial charge is 0.352 e. The molecule has 0 N–H and O–H groups in total. The smallest absolute Gasteiger partial charge is 0.255 e. The molecule has 1 aliphatic heterocycles. The van der Waals surface area contributed by atoms with Gasteiger partial charge in [0.25, 0.3) is 5.91 Å². The number of nitrogens with zero attached hydrogens (tertiary/aromatic N) is 4. The van der Waals surface area contributed by atoms with Crippen LogP contribution < -0.4 is 4.90 Å². The number of amides is 1. The van der Waals surface area contributed by atoms with Gasteiger partial charge < -0.3 is 9.80 Å². The lowest BCUT2D eigenvalue weighted by atomic mass is 10.1. The maximum Gasteiger partial charge on any atom is 0.255 e. The first-order chi connectivity index (χ1) is 14.0. The second kappa shape index (κ2) is 7.26. The Labute approximate surface area is 179 Å².